The molecule has 1 nitrogen and oxygen atoms in total. The molecule has 0 saturated carbocycles. The summed E-state index contributed by atoms with van der Waals surface area (Å²) in [4.78, 5) is 0. The molecule has 1 aromatic heterocycles. The van der Waals surface area contributed by atoms with Crippen molar-refractivity contribution in [3.63, 3.8) is 0 Å². The van der Waals surface area contributed by atoms with Gasteiger partial charge >= 0.3 is 0 Å². The zero-order valence-electron chi connectivity index (χ0n) is 9.94. The normalized spacial score (nSPS) is 12.8. The van der Waals surface area contributed by atoms with Crippen LogP contribution in [0.15, 0.2) is 47.8 Å². The second-order valence-electron chi connectivity index (χ2n) is 4.34. The molecule has 3 rings (SSSR count). The van der Waals surface area contributed by atoms with Crippen molar-refractivity contribution in [2.45, 2.75) is 6.04 Å². The van der Waals surface area contributed by atoms with Crippen molar-refractivity contribution in [2.75, 3.05) is 0 Å². The van der Waals surface area contributed by atoms with Gasteiger partial charge in [-0.1, -0.05) is 24.3 Å². The van der Waals surface area contributed by atoms with Crippen molar-refractivity contribution in [1.29, 1.82) is 0 Å². The van der Waals surface area contributed by atoms with Gasteiger partial charge in [-0.15, -0.1) is 11.3 Å². The quantitative estimate of drug-likeness (QED) is 0.744. The highest BCUT2D eigenvalue weighted by atomic mass is 32.1. The molecule has 0 amide bonds. The molecule has 3 aromatic rings. The Balaban J connectivity index is 2.08. The van der Waals surface area contributed by atoms with Gasteiger partial charge < -0.3 is 5.73 Å². The average Bonchev–Trinajstić information content (AvgIpc) is 2.85. The Bertz CT molecular complexity index is 736. The number of halogens is 2. The molecule has 0 aliphatic carbocycles. The molecule has 0 spiro atoms. The molecule has 1 unspecified atom stereocenters. The van der Waals surface area contributed by atoms with E-state index < -0.39 is 17.7 Å². The highest BCUT2D eigenvalue weighted by Gasteiger charge is 2.15. The van der Waals surface area contributed by atoms with Crippen LogP contribution >= 0.6 is 11.3 Å². The Kier molecular flexibility index (Phi) is 3.05. The lowest BCUT2D eigenvalue weighted by molar-refractivity contribution is 0.506. The Morgan fingerprint density at radius 1 is 1.00 bits per heavy atom. The van der Waals surface area contributed by atoms with Crippen LogP contribution in [0.5, 0.6) is 0 Å². The van der Waals surface area contributed by atoms with Crippen molar-refractivity contribution in [3.05, 3.63) is 70.6 Å². The molecule has 4 heteroatoms. The fourth-order valence-electron chi connectivity index (χ4n) is 2.12. The van der Waals surface area contributed by atoms with Crippen molar-refractivity contribution in [2.24, 2.45) is 5.73 Å². The summed E-state index contributed by atoms with van der Waals surface area (Å²) in [5.74, 6) is -1.72. The number of hydrogen-bond acceptors (Lipinski definition) is 2. The van der Waals surface area contributed by atoms with Crippen LogP contribution in [0.1, 0.15) is 17.2 Å². The van der Waals surface area contributed by atoms with E-state index in [9.17, 15) is 8.78 Å². The van der Waals surface area contributed by atoms with E-state index in [2.05, 4.69) is 0 Å². The lowest BCUT2D eigenvalue weighted by atomic mass is 9.99. The van der Waals surface area contributed by atoms with E-state index in [-0.39, 0.29) is 0 Å². The number of thiophene rings is 1. The topological polar surface area (TPSA) is 26.0 Å². The van der Waals surface area contributed by atoms with Gasteiger partial charge in [-0.3, -0.25) is 0 Å². The number of nitrogens with two attached hydrogens (primary N) is 1. The third-order valence-electron chi connectivity index (χ3n) is 3.15. The van der Waals surface area contributed by atoms with Crippen molar-refractivity contribution in [3.8, 4) is 0 Å². The van der Waals surface area contributed by atoms with E-state index in [4.69, 9.17) is 5.73 Å². The molecule has 2 aromatic carbocycles. The second kappa shape index (κ2) is 4.72. The van der Waals surface area contributed by atoms with Crippen molar-refractivity contribution >= 4 is 21.4 Å². The first-order valence-corrected chi connectivity index (χ1v) is 6.71. The van der Waals surface area contributed by atoms with E-state index >= 15 is 0 Å². The summed E-state index contributed by atoms with van der Waals surface area (Å²) in [7, 11) is 0. The molecule has 0 bridgehead atoms. The molecule has 0 aliphatic heterocycles. The van der Waals surface area contributed by atoms with Gasteiger partial charge in [0.15, 0.2) is 11.6 Å². The van der Waals surface area contributed by atoms with Gasteiger partial charge in [0.1, 0.15) is 0 Å². The molecule has 1 atom stereocenters. The number of benzene rings is 2. The fraction of sp³-hybridized carbons (Fsp3) is 0.0667. The molecular formula is C15H11F2NS. The van der Waals surface area contributed by atoms with Crippen LogP contribution in [0.3, 0.4) is 0 Å². The van der Waals surface area contributed by atoms with Crippen molar-refractivity contribution < 1.29 is 8.78 Å². The van der Waals surface area contributed by atoms with E-state index in [0.29, 0.717) is 5.56 Å². The van der Waals surface area contributed by atoms with Crippen molar-refractivity contribution in [1.82, 2.24) is 0 Å². The van der Waals surface area contributed by atoms with E-state index in [1.54, 1.807) is 11.3 Å². The first-order chi connectivity index (χ1) is 9.16. The molecule has 96 valence electrons. The fourth-order valence-corrected chi connectivity index (χ4v) is 3.12. The summed E-state index contributed by atoms with van der Waals surface area (Å²) in [6.07, 6.45) is 0. The minimum absolute atomic E-state index is 0.453. The Morgan fingerprint density at radius 3 is 2.58 bits per heavy atom. The van der Waals surface area contributed by atoms with E-state index in [0.717, 1.165) is 27.8 Å². The van der Waals surface area contributed by atoms with E-state index in [1.165, 1.54) is 6.07 Å². The summed E-state index contributed by atoms with van der Waals surface area (Å²) in [6.45, 7) is 0. The van der Waals surface area contributed by atoms with Gasteiger partial charge in [0.05, 0.1) is 6.04 Å². The van der Waals surface area contributed by atoms with Gasteiger partial charge in [0.25, 0.3) is 0 Å². The third-order valence-corrected chi connectivity index (χ3v) is 4.13. The highest BCUT2D eigenvalue weighted by molar-refractivity contribution is 7.17. The summed E-state index contributed by atoms with van der Waals surface area (Å²) >= 11 is 1.60. The van der Waals surface area contributed by atoms with Gasteiger partial charge in [-0.2, -0.15) is 0 Å². The summed E-state index contributed by atoms with van der Waals surface area (Å²) < 4.78 is 27.3. The Labute approximate surface area is 113 Å². The third kappa shape index (κ3) is 2.13. The first-order valence-electron chi connectivity index (χ1n) is 5.83. The van der Waals surface area contributed by atoms with Gasteiger partial charge in [0, 0.05) is 4.70 Å². The lowest BCUT2D eigenvalue weighted by Gasteiger charge is -2.11. The molecule has 0 radical (unpaired) electrons. The maximum Gasteiger partial charge on any atom is 0.159 e. The monoisotopic (exact) mass is 275 g/mol. The summed E-state index contributed by atoms with van der Waals surface area (Å²) in [6, 6.07) is 11.2. The molecule has 2 N–H and O–H groups in total. The number of fused-ring (bicyclic) bond motifs is 1. The second-order valence-corrected chi connectivity index (χ2v) is 5.25. The molecule has 1 heterocycles. The maximum absolute atomic E-state index is 13.3. The standard InChI is InChI=1S/C15H11F2NS/c16-12-6-5-9(7-13(12)17)15(18)11-8-19-14-4-2-1-3-10(11)14/h1-8,15H,18H2. The first kappa shape index (κ1) is 12.3. The van der Waals surface area contributed by atoms with Gasteiger partial charge in [0.2, 0.25) is 0 Å². The largest absolute Gasteiger partial charge is 0.320 e. The maximum atomic E-state index is 13.3. The van der Waals surface area contributed by atoms with Crippen LogP contribution in [-0.2, 0) is 0 Å². The minimum Gasteiger partial charge on any atom is -0.320 e. The molecule has 19 heavy (non-hydrogen) atoms. The number of rotatable bonds is 2. The zero-order valence-corrected chi connectivity index (χ0v) is 10.8. The Hall–Kier alpha value is -1.78. The van der Waals surface area contributed by atoms with Crippen LogP contribution < -0.4 is 5.73 Å². The smallest absolute Gasteiger partial charge is 0.159 e. The van der Waals surface area contributed by atoms with Crippen LogP contribution in [0.4, 0.5) is 8.78 Å². The van der Waals surface area contributed by atoms with E-state index in [1.807, 2.05) is 29.6 Å². The predicted molar refractivity (Wildman–Crippen MR) is 74.2 cm³/mol. The molecule has 0 saturated heterocycles. The van der Waals surface area contributed by atoms with Crippen LogP contribution in [0.2, 0.25) is 0 Å². The summed E-state index contributed by atoms with van der Waals surface area (Å²) in [5, 5.41) is 3.03. The average molecular weight is 275 g/mol. The van der Waals surface area contributed by atoms with Crippen LogP contribution in [0, 0.1) is 11.6 Å². The Morgan fingerprint density at radius 2 is 1.79 bits per heavy atom. The zero-order chi connectivity index (χ0) is 13.4. The highest BCUT2D eigenvalue weighted by Crippen LogP contribution is 2.32. The molecular weight excluding hydrogens is 264 g/mol. The summed E-state index contributed by atoms with van der Waals surface area (Å²) in [5.41, 5.74) is 7.67. The number of hydrogen-bond donors (Lipinski definition) is 1. The minimum atomic E-state index is -0.868. The van der Waals surface area contributed by atoms with Crippen LogP contribution in [0.25, 0.3) is 10.1 Å². The molecule has 0 fully saturated rings. The van der Waals surface area contributed by atoms with Crippen LogP contribution in [-0.4, -0.2) is 0 Å². The lowest BCUT2D eigenvalue weighted by Crippen LogP contribution is -2.11. The van der Waals surface area contributed by atoms with Gasteiger partial charge in [-0.05, 0) is 40.1 Å². The molecule has 0 aliphatic rings. The SMILES string of the molecule is NC(c1ccc(F)c(F)c1)c1csc2ccccc12. The van der Waals surface area contributed by atoms with Gasteiger partial charge in [-0.25, -0.2) is 8.78 Å². The predicted octanol–water partition coefficient (Wildman–Crippen LogP) is 4.23.